The number of aliphatic hydroxyl groups is 3. The predicted molar refractivity (Wildman–Crippen MR) is 112 cm³/mol. The highest BCUT2D eigenvalue weighted by Crippen LogP contribution is 2.52. The average molecular weight is 438 g/mol. The van der Waals surface area contributed by atoms with Gasteiger partial charge >= 0.3 is 0 Å². The van der Waals surface area contributed by atoms with Crippen LogP contribution in [0.2, 0.25) is 0 Å². The van der Waals surface area contributed by atoms with Crippen molar-refractivity contribution in [3.05, 3.63) is 45.7 Å². The number of benzene rings is 1. The normalized spacial score (nSPS) is 29.4. The van der Waals surface area contributed by atoms with Crippen molar-refractivity contribution in [3.63, 3.8) is 0 Å². The number of hydrogen-bond donors (Lipinski definition) is 5. The van der Waals surface area contributed by atoms with Gasteiger partial charge in [0.15, 0.2) is 11.4 Å². The van der Waals surface area contributed by atoms with Gasteiger partial charge in [-0.05, 0) is 50.6 Å². The molecule has 0 bridgehead atoms. The van der Waals surface area contributed by atoms with Crippen LogP contribution in [0, 0.1) is 24.2 Å². The Labute approximate surface area is 183 Å². The number of carbonyl (C=O) groups excluding carboxylic acids is 3. The number of carbonyl (C=O) groups is 3. The number of phenols is 1. The molecule has 3 aliphatic carbocycles. The molecule has 1 aromatic rings. The van der Waals surface area contributed by atoms with Crippen LogP contribution < -0.4 is 5.73 Å². The topological polar surface area (TPSA) is 161 Å². The number of nitrogens with zero attached hydrogens (tertiary/aromatic N) is 1. The Morgan fingerprint density at radius 3 is 2.47 bits per heavy atom. The number of primary amides is 1. The van der Waals surface area contributed by atoms with Crippen LogP contribution in [0.5, 0.6) is 5.75 Å². The van der Waals surface area contributed by atoms with Crippen molar-refractivity contribution in [1.29, 1.82) is 0 Å². The molecule has 9 heteroatoms. The van der Waals surface area contributed by atoms with Crippen LogP contribution in [0.15, 0.2) is 29.0 Å². The quantitative estimate of drug-likeness (QED) is 0.317. The molecule has 4 rings (SSSR count). The summed E-state index contributed by atoms with van der Waals surface area (Å²) in [5, 5.41) is 43.5. The molecular weight excluding hydrogens is 416 g/mol. The van der Waals surface area contributed by atoms with E-state index in [0.717, 1.165) is 0 Å². The van der Waals surface area contributed by atoms with Crippen molar-refractivity contribution >= 4 is 23.2 Å². The van der Waals surface area contributed by atoms with Crippen molar-refractivity contribution in [1.82, 2.24) is 4.90 Å². The maximum atomic E-state index is 13.6. The molecule has 0 aromatic heterocycles. The summed E-state index contributed by atoms with van der Waals surface area (Å²) in [7, 11) is 3.09. The lowest BCUT2D eigenvalue weighted by Crippen LogP contribution is -2.65. The first-order valence-corrected chi connectivity index (χ1v) is 9.93. The molecule has 3 aliphatic rings. The van der Waals surface area contributed by atoms with E-state index in [-0.39, 0.29) is 29.7 Å². The third kappa shape index (κ3) is 2.57. The minimum absolute atomic E-state index is 0.0169. The molecule has 0 saturated heterocycles. The molecule has 6 N–H and O–H groups in total. The zero-order valence-electron chi connectivity index (χ0n) is 17.4. The summed E-state index contributed by atoms with van der Waals surface area (Å²) in [5.74, 6) is -4.37. The van der Waals surface area contributed by atoms with Crippen LogP contribution in [0.3, 0.4) is 0 Å². The zero-order valence-corrected chi connectivity index (χ0v) is 17.4. The molecule has 0 heterocycles. The van der Waals surface area contributed by atoms with Crippen LogP contribution in [-0.2, 0) is 20.8 Å². The van der Waals surface area contributed by atoms with Crippen LogP contribution >= 0.6 is 0 Å². The fourth-order valence-corrected chi connectivity index (χ4v) is 5.38. The Morgan fingerprint density at radius 1 is 1.25 bits per heavy atom. The highest BCUT2D eigenvalue weighted by molar-refractivity contribution is 6.24. The Balaban J connectivity index is 2.00. The van der Waals surface area contributed by atoms with Gasteiger partial charge in [-0.1, -0.05) is 5.92 Å². The zero-order chi connectivity index (χ0) is 23.7. The number of ketones is 2. The lowest BCUT2D eigenvalue weighted by Gasteiger charge is -2.50. The van der Waals surface area contributed by atoms with Crippen LogP contribution in [0.4, 0.5) is 0 Å². The van der Waals surface area contributed by atoms with Crippen molar-refractivity contribution < 1.29 is 34.8 Å². The second-order valence-electron chi connectivity index (χ2n) is 8.59. The number of likely N-dealkylation sites (N-methyl/N-ethyl adjacent to an activating group) is 1. The first-order valence-electron chi connectivity index (χ1n) is 9.93. The van der Waals surface area contributed by atoms with Crippen molar-refractivity contribution in [2.24, 2.45) is 17.6 Å². The van der Waals surface area contributed by atoms with E-state index in [2.05, 4.69) is 5.92 Å². The number of nitrogens with two attached hydrogens (primary N) is 1. The molecular formula is C23H22N2O7. The fraction of sp³-hybridized carbons (Fsp3) is 0.348. The largest absolute Gasteiger partial charge is 0.508 e. The molecule has 166 valence electrons. The molecule has 4 atom stereocenters. The SMILES string of the molecule is C#Cc1ccc(O)c2c1C[C@H]1C[C@H]3C(N(C)C)C(=O)C(C(N)=O)=C(O)[C@@]3(O)C(=O)C1=C2O. The van der Waals surface area contributed by atoms with Gasteiger partial charge in [0.1, 0.15) is 22.8 Å². The number of terminal acetylenes is 1. The van der Waals surface area contributed by atoms with Crippen LogP contribution in [-0.4, -0.2) is 68.5 Å². The number of amides is 1. The molecule has 32 heavy (non-hydrogen) atoms. The van der Waals surface area contributed by atoms with Gasteiger partial charge in [0.05, 0.1) is 11.6 Å². The second kappa shape index (κ2) is 6.95. The molecule has 1 aromatic carbocycles. The van der Waals surface area contributed by atoms with Gasteiger partial charge in [0, 0.05) is 17.1 Å². The van der Waals surface area contributed by atoms with E-state index in [4.69, 9.17) is 12.2 Å². The van der Waals surface area contributed by atoms with Crippen molar-refractivity contribution in [3.8, 4) is 18.1 Å². The summed E-state index contributed by atoms with van der Waals surface area (Å²) < 4.78 is 0. The highest BCUT2D eigenvalue weighted by atomic mass is 16.3. The van der Waals surface area contributed by atoms with Gasteiger partial charge in [0.2, 0.25) is 5.78 Å². The molecule has 0 spiro atoms. The monoisotopic (exact) mass is 438 g/mol. The number of rotatable bonds is 2. The summed E-state index contributed by atoms with van der Waals surface area (Å²) in [6.45, 7) is 0. The van der Waals surface area contributed by atoms with Crippen molar-refractivity contribution in [2.45, 2.75) is 24.5 Å². The van der Waals surface area contributed by atoms with Crippen LogP contribution in [0.25, 0.3) is 5.76 Å². The van der Waals surface area contributed by atoms with E-state index < -0.39 is 58.0 Å². The van der Waals surface area contributed by atoms with E-state index in [9.17, 15) is 34.8 Å². The summed E-state index contributed by atoms with van der Waals surface area (Å²) in [6, 6.07) is 1.69. The van der Waals surface area contributed by atoms with Gasteiger partial charge in [-0.15, -0.1) is 6.42 Å². The maximum absolute atomic E-state index is 13.6. The summed E-state index contributed by atoms with van der Waals surface area (Å²) in [4.78, 5) is 39.9. The molecule has 1 fully saturated rings. The molecule has 1 amide bonds. The Hall–Kier alpha value is -3.61. The van der Waals surface area contributed by atoms with Gasteiger partial charge in [0.25, 0.3) is 5.91 Å². The number of Topliss-reactive ketones (excluding diaryl/α,β-unsaturated/α-hetero) is 2. The number of fused-ring (bicyclic) bond motifs is 3. The molecule has 9 nitrogen and oxygen atoms in total. The number of aromatic hydroxyl groups is 1. The Morgan fingerprint density at radius 2 is 1.91 bits per heavy atom. The minimum atomic E-state index is -2.65. The fourth-order valence-electron chi connectivity index (χ4n) is 5.38. The summed E-state index contributed by atoms with van der Waals surface area (Å²) in [5.41, 5.74) is 2.46. The Bertz CT molecular complexity index is 1200. The average Bonchev–Trinajstić information content (AvgIpc) is 2.70. The third-order valence-electron chi connectivity index (χ3n) is 6.76. The second-order valence-corrected chi connectivity index (χ2v) is 8.59. The first-order chi connectivity index (χ1) is 15.0. The maximum Gasteiger partial charge on any atom is 0.255 e. The van der Waals surface area contributed by atoms with E-state index in [1.165, 1.54) is 17.0 Å². The summed E-state index contributed by atoms with van der Waals surface area (Å²) in [6.07, 6.45) is 5.75. The lowest BCUT2D eigenvalue weighted by atomic mass is 9.57. The number of aliphatic hydroxyl groups excluding tert-OH is 2. The molecule has 1 unspecified atom stereocenters. The van der Waals surface area contributed by atoms with Gasteiger partial charge < -0.3 is 26.2 Å². The first kappa shape index (κ1) is 21.6. The van der Waals surface area contributed by atoms with Crippen LogP contribution in [0.1, 0.15) is 23.1 Å². The third-order valence-corrected chi connectivity index (χ3v) is 6.76. The summed E-state index contributed by atoms with van der Waals surface area (Å²) >= 11 is 0. The number of phenolic OH excluding ortho intramolecular Hbond substituents is 1. The van der Waals surface area contributed by atoms with E-state index >= 15 is 0 Å². The lowest BCUT2D eigenvalue weighted by molar-refractivity contribution is -0.153. The smallest absolute Gasteiger partial charge is 0.255 e. The molecule has 0 radical (unpaired) electrons. The minimum Gasteiger partial charge on any atom is -0.508 e. The van der Waals surface area contributed by atoms with E-state index in [0.29, 0.717) is 11.1 Å². The Kier molecular flexibility index (Phi) is 4.69. The highest BCUT2D eigenvalue weighted by Gasteiger charge is 2.64. The van der Waals surface area contributed by atoms with Gasteiger partial charge in [-0.25, -0.2) is 0 Å². The molecule has 0 aliphatic heterocycles. The van der Waals surface area contributed by atoms with Crippen molar-refractivity contribution in [2.75, 3.05) is 14.1 Å². The van der Waals surface area contributed by atoms with E-state index in [1.54, 1.807) is 14.1 Å². The predicted octanol–water partition coefficient (Wildman–Crippen LogP) is -0.0547. The molecule has 1 saturated carbocycles. The van der Waals surface area contributed by atoms with Gasteiger partial charge in [-0.3, -0.25) is 19.3 Å². The van der Waals surface area contributed by atoms with Gasteiger partial charge in [-0.2, -0.15) is 0 Å². The number of hydrogen-bond acceptors (Lipinski definition) is 8. The van der Waals surface area contributed by atoms with E-state index in [1.807, 2.05) is 0 Å². The standard InChI is InChI=1S/C23H22N2O7/c1-4-9-5-6-13(26)15-11(9)7-10-8-12-17(25(2)3)19(28)16(22(24)31)21(30)23(12,32)20(29)14(10)18(15)27/h1,5-6,10,12,17,26-27,30,32H,7-8H2,2-3H3,(H2,24,31)/t10-,12-,17?,23-/m0/s1.